The van der Waals surface area contributed by atoms with Crippen LogP contribution in [0.25, 0.3) is 0 Å². The van der Waals surface area contributed by atoms with Crippen molar-refractivity contribution in [1.82, 2.24) is 4.57 Å². The molecule has 0 bridgehead atoms. The van der Waals surface area contributed by atoms with Crippen molar-refractivity contribution in [2.45, 2.75) is 44.6 Å². The van der Waals surface area contributed by atoms with Crippen LogP contribution in [0.2, 0.25) is 0 Å². The molecule has 1 aliphatic carbocycles. The second kappa shape index (κ2) is 5.05. The summed E-state index contributed by atoms with van der Waals surface area (Å²) in [5.41, 5.74) is 0.902. The van der Waals surface area contributed by atoms with E-state index in [0.717, 1.165) is 18.4 Å². The molecule has 1 atom stereocenters. The number of aryl methyl sites for hydroxylation is 1. The number of nitrogens with zero attached hydrogens (tertiary/aromatic N) is 1. The summed E-state index contributed by atoms with van der Waals surface area (Å²) in [7, 11) is -2.99. The highest BCUT2D eigenvalue weighted by atomic mass is 32.2. The second-order valence-electron chi connectivity index (χ2n) is 5.38. The van der Waals surface area contributed by atoms with E-state index in [1.54, 1.807) is 13.8 Å². The SMILES string of the molecule is CC(C)S(=O)(=O)CCn1ccc(C(O)C2CC2)c1. The fraction of sp³-hybridized carbons (Fsp3) is 0.692. The van der Waals surface area contributed by atoms with Crippen LogP contribution in [-0.2, 0) is 16.4 Å². The Bertz CT molecular complexity index is 500. The standard InChI is InChI=1S/C13H21NO3S/c1-10(2)18(16,17)8-7-14-6-5-12(9-14)13(15)11-3-4-11/h5-6,9-11,13,15H,3-4,7-8H2,1-2H3. The third kappa shape index (κ3) is 3.14. The topological polar surface area (TPSA) is 59.3 Å². The first-order valence-corrected chi connectivity index (χ1v) is 8.17. The molecule has 1 fully saturated rings. The van der Waals surface area contributed by atoms with E-state index in [9.17, 15) is 13.5 Å². The van der Waals surface area contributed by atoms with Gasteiger partial charge in [0.2, 0.25) is 0 Å². The molecule has 1 heterocycles. The minimum absolute atomic E-state index is 0.151. The van der Waals surface area contributed by atoms with Gasteiger partial charge in [-0.05, 0) is 44.2 Å². The molecule has 0 aromatic carbocycles. The lowest BCUT2D eigenvalue weighted by atomic mass is 10.1. The minimum atomic E-state index is -2.99. The van der Waals surface area contributed by atoms with Crippen molar-refractivity contribution in [3.8, 4) is 0 Å². The first kappa shape index (κ1) is 13.6. The molecule has 1 unspecified atom stereocenters. The Morgan fingerprint density at radius 1 is 1.44 bits per heavy atom. The molecule has 2 rings (SSSR count). The molecule has 5 heteroatoms. The van der Waals surface area contributed by atoms with Gasteiger partial charge in [-0.1, -0.05) is 0 Å². The number of aromatic nitrogens is 1. The van der Waals surface area contributed by atoms with Gasteiger partial charge in [0, 0.05) is 18.9 Å². The van der Waals surface area contributed by atoms with Crippen molar-refractivity contribution in [2.24, 2.45) is 5.92 Å². The van der Waals surface area contributed by atoms with Crippen molar-refractivity contribution < 1.29 is 13.5 Å². The van der Waals surface area contributed by atoms with E-state index in [4.69, 9.17) is 0 Å². The van der Waals surface area contributed by atoms with Gasteiger partial charge in [0.15, 0.2) is 9.84 Å². The van der Waals surface area contributed by atoms with E-state index < -0.39 is 9.84 Å². The summed E-state index contributed by atoms with van der Waals surface area (Å²) >= 11 is 0. The van der Waals surface area contributed by atoms with Crippen molar-refractivity contribution in [3.05, 3.63) is 24.0 Å². The van der Waals surface area contributed by atoms with E-state index in [-0.39, 0.29) is 17.1 Å². The predicted molar refractivity (Wildman–Crippen MR) is 71.0 cm³/mol. The number of aliphatic hydroxyl groups excluding tert-OH is 1. The summed E-state index contributed by atoms with van der Waals surface area (Å²) in [6.45, 7) is 3.86. The molecule has 102 valence electrons. The van der Waals surface area contributed by atoms with E-state index >= 15 is 0 Å². The van der Waals surface area contributed by atoms with Crippen LogP contribution >= 0.6 is 0 Å². The summed E-state index contributed by atoms with van der Waals surface area (Å²) in [5, 5.41) is 9.63. The summed E-state index contributed by atoms with van der Waals surface area (Å²) in [6, 6.07) is 1.88. The Balaban J connectivity index is 1.94. The normalized spacial score (nSPS) is 18.2. The van der Waals surface area contributed by atoms with E-state index in [1.165, 1.54) is 0 Å². The lowest BCUT2D eigenvalue weighted by Gasteiger charge is -2.09. The lowest BCUT2D eigenvalue weighted by molar-refractivity contribution is 0.154. The molecule has 18 heavy (non-hydrogen) atoms. The Hall–Kier alpha value is -0.810. The molecule has 4 nitrogen and oxygen atoms in total. The largest absolute Gasteiger partial charge is 0.388 e. The molecule has 1 aromatic rings. The highest BCUT2D eigenvalue weighted by molar-refractivity contribution is 7.91. The van der Waals surface area contributed by atoms with Crippen LogP contribution in [0, 0.1) is 5.92 Å². The fourth-order valence-corrected chi connectivity index (χ4v) is 2.86. The maximum atomic E-state index is 11.7. The quantitative estimate of drug-likeness (QED) is 0.857. The van der Waals surface area contributed by atoms with Gasteiger partial charge in [0.25, 0.3) is 0 Å². The minimum Gasteiger partial charge on any atom is -0.388 e. The zero-order chi connectivity index (χ0) is 13.3. The van der Waals surface area contributed by atoms with Crippen LogP contribution in [0.1, 0.15) is 38.4 Å². The van der Waals surface area contributed by atoms with E-state index in [1.807, 2.05) is 23.0 Å². The zero-order valence-electron chi connectivity index (χ0n) is 10.9. The molecule has 0 saturated heterocycles. The Kier molecular flexibility index (Phi) is 3.82. The zero-order valence-corrected chi connectivity index (χ0v) is 11.7. The molecular formula is C13H21NO3S. The number of rotatable bonds is 6. The summed E-state index contributed by atoms with van der Waals surface area (Å²) in [4.78, 5) is 0. The van der Waals surface area contributed by atoms with Gasteiger partial charge in [-0.3, -0.25) is 0 Å². The summed E-state index contributed by atoms with van der Waals surface area (Å²) in [6.07, 6.45) is 5.51. The fourth-order valence-electron chi connectivity index (χ4n) is 1.93. The summed E-state index contributed by atoms with van der Waals surface area (Å²) in [5.74, 6) is 0.554. The average molecular weight is 271 g/mol. The Morgan fingerprint density at radius 2 is 2.11 bits per heavy atom. The van der Waals surface area contributed by atoms with Gasteiger partial charge < -0.3 is 9.67 Å². The van der Waals surface area contributed by atoms with Crippen LogP contribution in [0.4, 0.5) is 0 Å². The number of aliphatic hydroxyl groups is 1. The van der Waals surface area contributed by atoms with Crippen molar-refractivity contribution >= 4 is 9.84 Å². The van der Waals surface area contributed by atoms with Crippen LogP contribution in [0.15, 0.2) is 18.5 Å². The van der Waals surface area contributed by atoms with Crippen LogP contribution in [0.3, 0.4) is 0 Å². The lowest BCUT2D eigenvalue weighted by Crippen LogP contribution is -2.20. The maximum absolute atomic E-state index is 11.7. The van der Waals surface area contributed by atoms with Gasteiger partial charge in [0.1, 0.15) is 0 Å². The van der Waals surface area contributed by atoms with Crippen molar-refractivity contribution in [2.75, 3.05) is 5.75 Å². The smallest absolute Gasteiger partial charge is 0.154 e. The van der Waals surface area contributed by atoms with E-state index in [0.29, 0.717) is 12.5 Å². The monoisotopic (exact) mass is 271 g/mol. The summed E-state index contributed by atoms with van der Waals surface area (Å²) < 4.78 is 25.2. The maximum Gasteiger partial charge on any atom is 0.154 e. The Morgan fingerprint density at radius 3 is 2.67 bits per heavy atom. The second-order valence-corrected chi connectivity index (χ2v) is 8.06. The van der Waals surface area contributed by atoms with Crippen LogP contribution in [0.5, 0.6) is 0 Å². The molecule has 1 aromatic heterocycles. The molecule has 0 radical (unpaired) electrons. The van der Waals surface area contributed by atoms with Gasteiger partial charge in [-0.15, -0.1) is 0 Å². The molecular weight excluding hydrogens is 250 g/mol. The highest BCUT2D eigenvalue weighted by Crippen LogP contribution is 2.40. The molecule has 1 saturated carbocycles. The van der Waals surface area contributed by atoms with Crippen molar-refractivity contribution in [1.29, 1.82) is 0 Å². The number of hydrogen-bond acceptors (Lipinski definition) is 3. The van der Waals surface area contributed by atoms with Gasteiger partial charge in [-0.25, -0.2) is 8.42 Å². The number of sulfone groups is 1. The number of hydrogen-bond donors (Lipinski definition) is 1. The molecule has 1 aliphatic rings. The van der Waals surface area contributed by atoms with Gasteiger partial charge in [0.05, 0.1) is 17.1 Å². The van der Waals surface area contributed by atoms with Crippen LogP contribution in [-0.4, -0.2) is 29.1 Å². The highest BCUT2D eigenvalue weighted by Gasteiger charge is 2.31. The molecule has 0 amide bonds. The van der Waals surface area contributed by atoms with Gasteiger partial charge in [-0.2, -0.15) is 0 Å². The predicted octanol–water partition coefficient (Wildman–Crippen LogP) is 1.75. The third-order valence-electron chi connectivity index (χ3n) is 3.54. The van der Waals surface area contributed by atoms with Crippen molar-refractivity contribution in [3.63, 3.8) is 0 Å². The first-order chi connectivity index (χ1) is 8.40. The molecule has 0 spiro atoms. The first-order valence-electron chi connectivity index (χ1n) is 6.45. The molecule has 0 aliphatic heterocycles. The van der Waals surface area contributed by atoms with E-state index in [2.05, 4.69) is 0 Å². The molecule has 1 N–H and O–H groups in total. The average Bonchev–Trinajstić information content (AvgIpc) is 3.04. The van der Waals surface area contributed by atoms with Crippen LogP contribution < -0.4 is 0 Å². The Labute approximate surface area is 109 Å². The third-order valence-corrected chi connectivity index (χ3v) is 5.72. The van der Waals surface area contributed by atoms with Gasteiger partial charge >= 0.3 is 0 Å².